The van der Waals surface area contributed by atoms with Crippen LogP contribution < -0.4 is 4.90 Å². The first-order chi connectivity index (χ1) is 8.33. The van der Waals surface area contributed by atoms with E-state index in [9.17, 15) is 18.3 Å². The maximum absolute atomic E-state index is 12.5. The molecule has 0 spiro atoms. The largest absolute Gasteiger partial charge is 0.405 e. The molecule has 0 aliphatic carbocycles. The molecule has 3 nitrogen and oxygen atoms in total. The van der Waals surface area contributed by atoms with Gasteiger partial charge in [0, 0.05) is 12.7 Å². The van der Waals surface area contributed by atoms with Crippen molar-refractivity contribution in [1.29, 1.82) is 0 Å². The average Bonchev–Trinajstić information content (AvgIpc) is 2.27. The Bertz CT molecular complexity index is 380. The quantitative estimate of drug-likeness (QED) is 0.886. The minimum atomic E-state index is -4.27. The smallest absolute Gasteiger partial charge is 0.389 e. The molecular formula is C12H17F3N2O. The number of nitrogens with zero attached hydrogens (tertiary/aromatic N) is 2. The molecule has 102 valence electrons. The van der Waals surface area contributed by atoms with Gasteiger partial charge in [-0.15, -0.1) is 0 Å². The molecule has 1 atom stereocenters. The summed E-state index contributed by atoms with van der Waals surface area (Å²) in [7, 11) is 0. The van der Waals surface area contributed by atoms with E-state index >= 15 is 0 Å². The lowest BCUT2D eigenvalue weighted by Gasteiger charge is -2.25. The third kappa shape index (κ3) is 4.52. The third-order valence-electron chi connectivity index (χ3n) is 2.44. The second-order valence-electron chi connectivity index (χ2n) is 4.16. The summed E-state index contributed by atoms with van der Waals surface area (Å²) < 4.78 is 37.4. The zero-order valence-electron chi connectivity index (χ0n) is 10.4. The van der Waals surface area contributed by atoms with Crippen LogP contribution in [-0.4, -0.2) is 29.4 Å². The number of anilines is 1. The summed E-state index contributed by atoms with van der Waals surface area (Å²) in [5.41, 5.74) is 0.559. The molecule has 0 saturated heterocycles. The summed E-state index contributed by atoms with van der Waals surface area (Å²) in [6.45, 7) is 2.61. The Morgan fingerprint density at radius 2 is 2.11 bits per heavy atom. The molecule has 1 aromatic heterocycles. The van der Waals surface area contributed by atoms with Gasteiger partial charge in [0.05, 0.1) is 6.10 Å². The van der Waals surface area contributed by atoms with E-state index in [0.717, 1.165) is 0 Å². The minimum absolute atomic E-state index is 0.243. The van der Waals surface area contributed by atoms with Crippen LogP contribution in [0.2, 0.25) is 0 Å². The van der Waals surface area contributed by atoms with Crippen LogP contribution >= 0.6 is 0 Å². The molecule has 0 bridgehead atoms. The topological polar surface area (TPSA) is 36.4 Å². The van der Waals surface area contributed by atoms with E-state index in [1.54, 1.807) is 13.0 Å². The molecule has 0 aliphatic rings. The second-order valence-corrected chi connectivity index (χ2v) is 4.16. The predicted octanol–water partition coefficient (Wildman–Crippen LogP) is 2.91. The number of hydrogen-bond acceptors (Lipinski definition) is 3. The Morgan fingerprint density at radius 3 is 2.61 bits per heavy atom. The number of alkyl halides is 3. The van der Waals surface area contributed by atoms with Crippen molar-refractivity contribution in [2.45, 2.75) is 32.5 Å². The molecule has 1 heterocycles. The van der Waals surface area contributed by atoms with Gasteiger partial charge in [0.2, 0.25) is 0 Å². The Balaban J connectivity index is 2.94. The number of hydrogen-bond donors (Lipinski definition) is 1. The van der Waals surface area contributed by atoms with Gasteiger partial charge in [-0.25, -0.2) is 4.98 Å². The maximum Gasteiger partial charge on any atom is 0.405 e. The van der Waals surface area contributed by atoms with Crippen molar-refractivity contribution in [2.75, 3.05) is 18.0 Å². The first kappa shape index (κ1) is 14.8. The highest BCUT2D eigenvalue weighted by Gasteiger charge is 2.31. The lowest BCUT2D eigenvalue weighted by Crippen LogP contribution is -2.35. The van der Waals surface area contributed by atoms with E-state index in [2.05, 4.69) is 4.98 Å². The van der Waals surface area contributed by atoms with E-state index in [1.807, 2.05) is 6.92 Å². The molecule has 1 N–H and O–H groups in total. The number of aliphatic hydroxyl groups excluding tert-OH is 1. The summed E-state index contributed by atoms with van der Waals surface area (Å²) in [6, 6.07) is 3.08. The van der Waals surface area contributed by atoms with E-state index in [0.29, 0.717) is 12.0 Å². The van der Waals surface area contributed by atoms with Crippen LogP contribution in [0.3, 0.4) is 0 Å². The van der Waals surface area contributed by atoms with Gasteiger partial charge in [0.1, 0.15) is 12.4 Å². The van der Waals surface area contributed by atoms with Gasteiger partial charge < -0.3 is 10.0 Å². The highest BCUT2D eigenvalue weighted by atomic mass is 19.4. The number of aliphatic hydroxyl groups is 1. The fraction of sp³-hybridized carbons (Fsp3) is 0.583. The number of halogens is 3. The first-order valence-electron chi connectivity index (χ1n) is 5.79. The number of rotatable bonds is 5. The van der Waals surface area contributed by atoms with Crippen molar-refractivity contribution in [3.05, 3.63) is 23.9 Å². The zero-order chi connectivity index (χ0) is 13.8. The van der Waals surface area contributed by atoms with Gasteiger partial charge in [-0.2, -0.15) is 13.2 Å². The summed E-state index contributed by atoms with van der Waals surface area (Å²) in [5, 5.41) is 9.42. The maximum atomic E-state index is 12.5. The highest BCUT2D eigenvalue weighted by molar-refractivity contribution is 5.41. The van der Waals surface area contributed by atoms with Crippen molar-refractivity contribution in [3.8, 4) is 0 Å². The fourth-order valence-electron chi connectivity index (χ4n) is 1.63. The number of aromatic nitrogens is 1. The number of pyridine rings is 1. The molecular weight excluding hydrogens is 245 g/mol. The summed E-state index contributed by atoms with van der Waals surface area (Å²) in [5.74, 6) is 0.243. The molecule has 6 heteroatoms. The van der Waals surface area contributed by atoms with Gasteiger partial charge >= 0.3 is 6.18 Å². The van der Waals surface area contributed by atoms with Gasteiger partial charge in [-0.05, 0) is 31.0 Å². The van der Waals surface area contributed by atoms with Crippen molar-refractivity contribution < 1.29 is 18.3 Å². The van der Waals surface area contributed by atoms with Gasteiger partial charge in [0.15, 0.2) is 0 Å². The third-order valence-corrected chi connectivity index (χ3v) is 2.44. The van der Waals surface area contributed by atoms with Crippen molar-refractivity contribution >= 4 is 5.82 Å². The molecule has 0 unspecified atom stereocenters. The first-order valence-corrected chi connectivity index (χ1v) is 5.79. The lowest BCUT2D eigenvalue weighted by atomic mass is 10.1. The molecule has 18 heavy (non-hydrogen) atoms. The van der Waals surface area contributed by atoms with Gasteiger partial charge in [0.25, 0.3) is 0 Å². The van der Waals surface area contributed by atoms with E-state index in [4.69, 9.17) is 0 Å². The van der Waals surface area contributed by atoms with Crippen LogP contribution in [0.4, 0.5) is 19.0 Å². The molecule has 1 rings (SSSR count). The molecule has 0 aliphatic heterocycles. The highest BCUT2D eigenvalue weighted by Crippen LogP contribution is 2.23. The van der Waals surface area contributed by atoms with Gasteiger partial charge in [-0.3, -0.25) is 0 Å². The van der Waals surface area contributed by atoms with Crippen molar-refractivity contribution in [2.24, 2.45) is 0 Å². The molecule has 1 aromatic rings. The zero-order valence-corrected chi connectivity index (χ0v) is 10.4. The van der Waals surface area contributed by atoms with Crippen LogP contribution in [0.15, 0.2) is 18.3 Å². The predicted molar refractivity (Wildman–Crippen MR) is 63.4 cm³/mol. The summed E-state index contributed by atoms with van der Waals surface area (Å²) in [6.07, 6.45) is -2.98. The Kier molecular flexibility index (Phi) is 4.95. The molecule has 0 radical (unpaired) electrons. The molecule has 0 saturated carbocycles. The Morgan fingerprint density at radius 1 is 1.44 bits per heavy atom. The Labute approximate surface area is 104 Å². The Hall–Kier alpha value is -1.30. The van der Waals surface area contributed by atoms with E-state index in [-0.39, 0.29) is 12.4 Å². The van der Waals surface area contributed by atoms with E-state index < -0.39 is 18.8 Å². The SMILES string of the molecule is CCCN(CC(F)(F)F)c1cc([C@H](C)O)ccn1. The second kappa shape index (κ2) is 6.04. The molecule has 0 fully saturated rings. The van der Waals surface area contributed by atoms with Crippen LogP contribution in [0, 0.1) is 0 Å². The lowest BCUT2D eigenvalue weighted by molar-refractivity contribution is -0.119. The van der Waals surface area contributed by atoms with Crippen molar-refractivity contribution in [1.82, 2.24) is 4.98 Å². The van der Waals surface area contributed by atoms with Crippen molar-refractivity contribution in [3.63, 3.8) is 0 Å². The molecule has 0 aromatic carbocycles. The fourth-order valence-corrected chi connectivity index (χ4v) is 1.63. The minimum Gasteiger partial charge on any atom is -0.389 e. The molecule has 0 amide bonds. The summed E-state index contributed by atoms with van der Waals surface area (Å²) in [4.78, 5) is 5.11. The normalized spacial score (nSPS) is 13.4. The monoisotopic (exact) mass is 262 g/mol. The summed E-state index contributed by atoms with van der Waals surface area (Å²) >= 11 is 0. The van der Waals surface area contributed by atoms with Crippen LogP contribution in [0.1, 0.15) is 31.9 Å². The van der Waals surface area contributed by atoms with Crippen LogP contribution in [-0.2, 0) is 0 Å². The average molecular weight is 262 g/mol. The van der Waals surface area contributed by atoms with Crippen LogP contribution in [0.5, 0.6) is 0 Å². The van der Waals surface area contributed by atoms with Gasteiger partial charge in [-0.1, -0.05) is 6.92 Å². The standard InChI is InChI=1S/C12H17F3N2O/c1-3-6-17(8-12(13,14)15)11-7-10(9(2)18)4-5-16-11/h4-5,7,9,18H,3,6,8H2,1-2H3/t9-/m0/s1. The van der Waals surface area contributed by atoms with Crippen LogP contribution in [0.25, 0.3) is 0 Å². The van der Waals surface area contributed by atoms with E-state index in [1.165, 1.54) is 17.2 Å².